The fourth-order valence-electron chi connectivity index (χ4n) is 2.75. The topological polar surface area (TPSA) is 92.1 Å². The number of hydrogen-bond donors (Lipinski definition) is 1. The highest BCUT2D eigenvalue weighted by atomic mass is 16.3. The summed E-state index contributed by atoms with van der Waals surface area (Å²) in [5, 5.41) is 0. The first-order valence-electron chi connectivity index (χ1n) is 8.09. The smallest absolute Gasteiger partial charge is 0.254 e. The molecule has 3 rings (SSSR count). The van der Waals surface area contributed by atoms with Gasteiger partial charge in [-0.3, -0.25) is 9.59 Å². The maximum atomic E-state index is 12.3. The fraction of sp³-hybridized carbons (Fsp3) is 0.333. The lowest BCUT2D eigenvalue weighted by atomic mass is 10.1. The highest BCUT2D eigenvalue weighted by Crippen LogP contribution is 2.16. The maximum absolute atomic E-state index is 12.3. The third kappa shape index (κ3) is 3.76. The molecule has 1 N–H and O–H groups in total. The van der Waals surface area contributed by atoms with E-state index in [1.807, 2.05) is 24.3 Å². The lowest BCUT2D eigenvalue weighted by molar-refractivity contribution is -0.130. The van der Waals surface area contributed by atoms with Crippen molar-refractivity contribution in [2.45, 2.75) is 33.2 Å². The van der Waals surface area contributed by atoms with E-state index < -0.39 is 0 Å². The van der Waals surface area contributed by atoms with Gasteiger partial charge in [0.2, 0.25) is 11.8 Å². The summed E-state index contributed by atoms with van der Waals surface area (Å²) in [5.74, 6) is 0.982. The molecule has 0 aliphatic rings. The van der Waals surface area contributed by atoms with Crippen molar-refractivity contribution in [3.05, 3.63) is 57.6 Å². The van der Waals surface area contributed by atoms with E-state index in [1.54, 1.807) is 25.8 Å². The van der Waals surface area contributed by atoms with E-state index in [0.717, 1.165) is 5.52 Å². The number of carbonyl (C=O) groups is 1. The minimum Gasteiger partial charge on any atom is -0.439 e. The molecular weight excluding hydrogens is 320 g/mol. The van der Waals surface area contributed by atoms with Crippen LogP contribution in [0.5, 0.6) is 0 Å². The number of amides is 1. The second-order valence-electron chi connectivity index (χ2n) is 6.04. The summed E-state index contributed by atoms with van der Waals surface area (Å²) in [7, 11) is 1.70. The number of nitrogens with zero attached hydrogens (tertiary/aromatic N) is 3. The Morgan fingerprint density at radius 2 is 2.00 bits per heavy atom. The molecule has 0 aliphatic heterocycles. The highest BCUT2D eigenvalue weighted by Gasteiger charge is 2.15. The fourth-order valence-corrected chi connectivity index (χ4v) is 2.75. The number of aromatic nitrogens is 3. The molecule has 3 aromatic rings. The van der Waals surface area contributed by atoms with Gasteiger partial charge in [-0.1, -0.05) is 12.1 Å². The van der Waals surface area contributed by atoms with Crippen molar-refractivity contribution >= 4 is 17.0 Å². The predicted octanol–water partition coefficient (Wildman–Crippen LogP) is 2.12. The van der Waals surface area contributed by atoms with Crippen molar-refractivity contribution in [2.75, 3.05) is 7.05 Å². The van der Waals surface area contributed by atoms with Gasteiger partial charge in [0.25, 0.3) is 5.56 Å². The SMILES string of the molecule is Cc1nc(C)c(CCC(=O)N(C)Cc2nc3ccccc3o2)c(=O)[nH]1. The number of benzene rings is 1. The number of nitrogens with one attached hydrogen (secondary N) is 1. The zero-order valence-electron chi connectivity index (χ0n) is 14.5. The normalized spacial score (nSPS) is 11.0. The van der Waals surface area contributed by atoms with E-state index in [-0.39, 0.29) is 24.4 Å². The van der Waals surface area contributed by atoms with Crippen molar-refractivity contribution in [3.8, 4) is 0 Å². The highest BCUT2D eigenvalue weighted by molar-refractivity contribution is 5.76. The van der Waals surface area contributed by atoms with Gasteiger partial charge in [-0.05, 0) is 32.4 Å². The second-order valence-corrected chi connectivity index (χ2v) is 6.04. The van der Waals surface area contributed by atoms with Gasteiger partial charge in [-0.2, -0.15) is 0 Å². The largest absolute Gasteiger partial charge is 0.439 e. The number of rotatable bonds is 5. The Balaban J connectivity index is 1.64. The molecule has 0 fully saturated rings. The Bertz CT molecular complexity index is 941. The standard InChI is InChI=1S/C18H20N4O3/c1-11-13(18(24)20-12(2)19-11)8-9-17(23)22(3)10-16-21-14-6-4-5-7-15(14)25-16/h4-7H,8-10H2,1-3H3,(H,19,20,24). The van der Waals surface area contributed by atoms with E-state index in [9.17, 15) is 9.59 Å². The Kier molecular flexibility index (Phi) is 4.65. The van der Waals surface area contributed by atoms with E-state index in [1.165, 1.54) is 0 Å². The van der Waals surface area contributed by atoms with Gasteiger partial charge in [-0.25, -0.2) is 9.97 Å². The quantitative estimate of drug-likeness (QED) is 0.768. The Hall–Kier alpha value is -2.96. The van der Waals surface area contributed by atoms with Gasteiger partial charge >= 0.3 is 0 Å². The molecule has 0 saturated heterocycles. The third-order valence-electron chi connectivity index (χ3n) is 4.07. The Labute approximate surface area is 144 Å². The number of hydrogen-bond acceptors (Lipinski definition) is 5. The van der Waals surface area contributed by atoms with Crippen LogP contribution in [0.2, 0.25) is 0 Å². The van der Waals surface area contributed by atoms with Crippen LogP contribution in [0.1, 0.15) is 29.4 Å². The monoisotopic (exact) mass is 340 g/mol. The summed E-state index contributed by atoms with van der Waals surface area (Å²) in [6.45, 7) is 3.80. The summed E-state index contributed by atoms with van der Waals surface area (Å²) in [6, 6.07) is 7.47. The van der Waals surface area contributed by atoms with Crippen molar-refractivity contribution < 1.29 is 9.21 Å². The van der Waals surface area contributed by atoms with Gasteiger partial charge in [-0.15, -0.1) is 0 Å². The number of fused-ring (bicyclic) bond motifs is 1. The van der Waals surface area contributed by atoms with Gasteiger partial charge < -0.3 is 14.3 Å². The number of carbonyl (C=O) groups excluding carboxylic acids is 1. The van der Waals surface area contributed by atoms with Crippen LogP contribution in [0, 0.1) is 13.8 Å². The molecule has 1 aromatic carbocycles. The Morgan fingerprint density at radius 3 is 2.72 bits per heavy atom. The van der Waals surface area contributed by atoms with Crippen molar-refractivity contribution in [1.82, 2.24) is 19.9 Å². The first kappa shape index (κ1) is 16.9. The van der Waals surface area contributed by atoms with E-state index in [0.29, 0.717) is 35.0 Å². The molecule has 0 aliphatic carbocycles. The molecule has 0 bridgehead atoms. The van der Waals surface area contributed by atoms with Gasteiger partial charge in [0.1, 0.15) is 11.3 Å². The maximum Gasteiger partial charge on any atom is 0.254 e. The zero-order chi connectivity index (χ0) is 18.0. The number of H-pyrrole nitrogens is 1. The van der Waals surface area contributed by atoms with Crippen molar-refractivity contribution in [1.29, 1.82) is 0 Å². The molecule has 0 atom stereocenters. The van der Waals surface area contributed by atoms with Crippen LogP contribution >= 0.6 is 0 Å². The molecule has 2 aromatic heterocycles. The summed E-state index contributed by atoms with van der Waals surface area (Å²) in [4.78, 5) is 37.2. The zero-order valence-corrected chi connectivity index (χ0v) is 14.5. The van der Waals surface area contributed by atoms with Crippen LogP contribution in [0.4, 0.5) is 0 Å². The number of para-hydroxylation sites is 2. The molecule has 7 heteroatoms. The molecule has 25 heavy (non-hydrogen) atoms. The Morgan fingerprint density at radius 1 is 1.24 bits per heavy atom. The van der Waals surface area contributed by atoms with Crippen molar-refractivity contribution in [3.63, 3.8) is 0 Å². The number of oxazole rings is 1. The molecule has 1 amide bonds. The van der Waals surface area contributed by atoms with E-state index in [2.05, 4.69) is 15.0 Å². The number of aromatic amines is 1. The molecule has 7 nitrogen and oxygen atoms in total. The number of aryl methyl sites for hydroxylation is 2. The van der Waals surface area contributed by atoms with E-state index >= 15 is 0 Å². The molecule has 0 unspecified atom stereocenters. The molecular formula is C18H20N4O3. The van der Waals surface area contributed by atoms with Crippen LogP contribution < -0.4 is 5.56 Å². The average Bonchev–Trinajstić information content (AvgIpc) is 2.95. The summed E-state index contributed by atoms with van der Waals surface area (Å²) >= 11 is 0. The molecule has 0 spiro atoms. The molecule has 130 valence electrons. The lowest BCUT2D eigenvalue weighted by Crippen LogP contribution is -2.27. The van der Waals surface area contributed by atoms with Gasteiger partial charge in [0.15, 0.2) is 5.58 Å². The van der Waals surface area contributed by atoms with Crippen molar-refractivity contribution in [2.24, 2.45) is 0 Å². The predicted molar refractivity (Wildman–Crippen MR) is 93.1 cm³/mol. The van der Waals surface area contributed by atoms with Crippen LogP contribution in [0.25, 0.3) is 11.1 Å². The molecule has 2 heterocycles. The molecule has 0 saturated carbocycles. The van der Waals surface area contributed by atoms with Crippen LogP contribution in [-0.2, 0) is 17.8 Å². The minimum absolute atomic E-state index is 0.0818. The minimum atomic E-state index is -0.181. The van der Waals surface area contributed by atoms with Crippen LogP contribution in [-0.4, -0.2) is 32.8 Å². The van der Waals surface area contributed by atoms with Gasteiger partial charge in [0, 0.05) is 24.7 Å². The van der Waals surface area contributed by atoms with Crippen LogP contribution in [0.3, 0.4) is 0 Å². The third-order valence-corrected chi connectivity index (χ3v) is 4.07. The van der Waals surface area contributed by atoms with E-state index in [4.69, 9.17) is 4.42 Å². The second kappa shape index (κ2) is 6.88. The van der Waals surface area contributed by atoms with Gasteiger partial charge in [0.05, 0.1) is 6.54 Å². The molecule has 0 radical (unpaired) electrons. The summed E-state index contributed by atoms with van der Waals surface area (Å²) < 4.78 is 5.63. The van der Waals surface area contributed by atoms with Crippen LogP contribution in [0.15, 0.2) is 33.5 Å². The first-order chi connectivity index (χ1) is 11.9. The summed E-state index contributed by atoms with van der Waals surface area (Å²) in [6.07, 6.45) is 0.580. The first-order valence-corrected chi connectivity index (χ1v) is 8.09. The lowest BCUT2D eigenvalue weighted by Gasteiger charge is -2.15. The summed E-state index contributed by atoms with van der Waals surface area (Å²) in [5.41, 5.74) is 2.50. The average molecular weight is 340 g/mol.